The van der Waals surface area contributed by atoms with E-state index < -0.39 is 20.7 Å². The van der Waals surface area contributed by atoms with Gasteiger partial charge in [-0.2, -0.15) is 0 Å². The Morgan fingerprint density at radius 1 is 1.19 bits per heavy atom. The molecule has 0 radical (unpaired) electrons. The van der Waals surface area contributed by atoms with Gasteiger partial charge in [-0.25, -0.2) is 17.5 Å². The fraction of sp³-hybridized carbons (Fsp3) is 0.571. The van der Waals surface area contributed by atoms with E-state index in [1.165, 1.54) is 19.3 Å². The average Bonchev–Trinajstić information content (AvgIpc) is 2.41. The molecule has 1 aromatic carbocycles. The maximum Gasteiger partial charge on any atom is 0.243 e. The molecule has 0 spiro atoms. The molecule has 0 aliphatic heterocycles. The summed E-state index contributed by atoms with van der Waals surface area (Å²) < 4.78 is 40.6. The molecule has 0 aromatic heterocycles. The Balaban J connectivity index is 2.53. The summed E-state index contributed by atoms with van der Waals surface area (Å²) >= 11 is 3.06. The second-order valence-electron chi connectivity index (χ2n) is 4.97. The third kappa shape index (κ3) is 5.92. The van der Waals surface area contributed by atoms with Crippen molar-refractivity contribution in [1.29, 1.82) is 0 Å². The van der Waals surface area contributed by atoms with Crippen LogP contribution in [0.15, 0.2) is 21.5 Å². The van der Waals surface area contributed by atoms with Crippen molar-refractivity contribution in [3.05, 3.63) is 22.4 Å². The van der Waals surface area contributed by atoms with Crippen molar-refractivity contribution in [2.24, 2.45) is 0 Å². The monoisotopic (exact) mass is 380 g/mol. The Hall–Kier alpha value is -0.660. The second kappa shape index (κ2) is 8.70. The van der Waals surface area contributed by atoms with E-state index in [9.17, 15) is 12.8 Å². The molecule has 21 heavy (non-hydrogen) atoms. The predicted octanol–water partition coefficient (Wildman–Crippen LogP) is 3.81. The molecule has 0 saturated carbocycles. The van der Waals surface area contributed by atoms with Crippen LogP contribution in [0.2, 0.25) is 0 Å². The number of unbranched alkanes of at least 4 members (excludes halogenated alkanes) is 5. The first-order chi connectivity index (χ1) is 9.88. The maximum atomic E-state index is 13.7. The van der Waals surface area contributed by atoms with Gasteiger partial charge in [0.2, 0.25) is 10.0 Å². The van der Waals surface area contributed by atoms with Crippen LogP contribution in [0, 0.1) is 5.82 Å². The average molecular weight is 381 g/mol. The topological polar surface area (TPSA) is 72.2 Å². The van der Waals surface area contributed by atoms with Gasteiger partial charge in [-0.1, -0.05) is 39.0 Å². The zero-order valence-corrected chi connectivity index (χ0v) is 14.6. The summed E-state index contributed by atoms with van der Waals surface area (Å²) in [7, 11) is -3.85. The summed E-state index contributed by atoms with van der Waals surface area (Å²) in [5, 5.41) is 0. The van der Waals surface area contributed by atoms with Crippen LogP contribution in [0.25, 0.3) is 0 Å². The molecule has 1 rings (SSSR count). The van der Waals surface area contributed by atoms with E-state index in [0.29, 0.717) is 11.0 Å². The number of nitrogens with one attached hydrogen (secondary N) is 1. The highest BCUT2D eigenvalue weighted by molar-refractivity contribution is 9.10. The largest absolute Gasteiger partial charge is 0.398 e. The van der Waals surface area contributed by atoms with Gasteiger partial charge >= 0.3 is 0 Å². The number of nitrogen functional groups attached to an aromatic ring is 1. The highest BCUT2D eigenvalue weighted by Gasteiger charge is 2.20. The van der Waals surface area contributed by atoms with Crippen molar-refractivity contribution in [2.75, 3.05) is 12.3 Å². The quantitative estimate of drug-likeness (QED) is 0.505. The third-order valence-corrected chi connectivity index (χ3v) is 5.33. The number of nitrogens with two attached hydrogens (primary N) is 1. The Morgan fingerprint density at radius 3 is 2.48 bits per heavy atom. The second-order valence-corrected chi connectivity index (χ2v) is 7.56. The number of rotatable bonds is 9. The van der Waals surface area contributed by atoms with E-state index in [2.05, 4.69) is 27.6 Å². The third-order valence-electron chi connectivity index (χ3n) is 3.16. The van der Waals surface area contributed by atoms with Crippen LogP contribution >= 0.6 is 15.9 Å². The van der Waals surface area contributed by atoms with Gasteiger partial charge in [0, 0.05) is 16.7 Å². The van der Waals surface area contributed by atoms with Gasteiger partial charge in [0.15, 0.2) is 0 Å². The SMILES string of the molecule is CCCCCCCCNS(=O)(=O)c1cc(N)c(Br)cc1F. The van der Waals surface area contributed by atoms with Crippen molar-refractivity contribution < 1.29 is 12.8 Å². The number of benzene rings is 1. The Labute approximate surface area is 134 Å². The molecule has 0 unspecified atom stereocenters. The molecule has 0 aliphatic carbocycles. The molecule has 1 aromatic rings. The standard InChI is InChI=1S/C14H22BrFN2O2S/c1-2-3-4-5-6-7-8-18-21(19,20)14-10-13(17)11(15)9-12(14)16/h9-10,18H,2-8,17H2,1H3. The van der Waals surface area contributed by atoms with E-state index in [-0.39, 0.29) is 5.69 Å². The van der Waals surface area contributed by atoms with Gasteiger partial charge in [-0.05, 0) is 34.5 Å². The molecule has 0 heterocycles. The summed E-state index contributed by atoms with van der Waals surface area (Å²) in [4.78, 5) is -0.408. The molecule has 0 aliphatic rings. The molecule has 120 valence electrons. The van der Waals surface area contributed by atoms with Crippen LogP contribution in [0.5, 0.6) is 0 Å². The minimum absolute atomic E-state index is 0.191. The number of sulfonamides is 1. The molecular formula is C14H22BrFN2O2S. The molecule has 0 bridgehead atoms. The normalized spacial score (nSPS) is 11.8. The van der Waals surface area contributed by atoms with Crippen LogP contribution in [0.1, 0.15) is 45.4 Å². The molecule has 0 saturated heterocycles. The van der Waals surface area contributed by atoms with E-state index in [1.807, 2.05) is 0 Å². The van der Waals surface area contributed by atoms with E-state index in [1.54, 1.807) is 0 Å². The van der Waals surface area contributed by atoms with Crippen LogP contribution < -0.4 is 10.5 Å². The maximum absolute atomic E-state index is 13.7. The minimum atomic E-state index is -3.85. The first-order valence-electron chi connectivity index (χ1n) is 7.12. The molecule has 0 fully saturated rings. The highest BCUT2D eigenvalue weighted by Crippen LogP contribution is 2.25. The highest BCUT2D eigenvalue weighted by atomic mass is 79.9. The number of halogens is 2. The lowest BCUT2D eigenvalue weighted by atomic mass is 10.1. The van der Waals surface area contributed by atoms with Gasteiger partial charge in [-0.3, -0.25) is 0 Å². The van der Waals surface area contributed by atoms with Crippen LogP contribution in [-0.2, 0) is 10.0 Å². The minimum Gasteiger partial charge on any atom is -0.398 e. The van der Waals surface area contributed by atoms with Crippen molar-refractivity contribution >= 4 is 31.6 Å². The fourth-order valence-electron chi connectivity index (χ4n) is 1.94. The summed E-state index contributed by atoms with van der Waals surface area (Å²) in [5.74, 6) is -0.813. The van der Waals surface area contributed by atoms with Gasteiger partial charge in [-0.15, -0.1) is 0 Å². The van der Waals surface area contributed by atoms with Gasteiger partial charge in [0.1, 0.15) is 10.7 Å². The van der Waals surface area contributed by atoms with Crippen LogP contribution in [0.4, 0.5) is 10.1 Å². The molecule has 3 N–H and O–H groups in total. The lowest BCUT2D eigenvalue weighted by molar-refractivity contribution is 0.550. The van der Waals surface area contributed by atoms with Crippen molar-refractivity contribution in [3.63, 3.8) is 0 Å². The zero-order chi connectivity index (χ0) is 15.9. The first-order valence-corrected chi connectivity index (χ1v) is 9.40. The summed E-state index contributed by atoms with van der Waals surface area (Å²) in [6.07, 6.45) is 6.35. The van der Waals surface area contributed by atoms with E-state index in [4.69, 9.17) is 5.73 Å². The van der Waals surface area contributed by atoms with E-state index >= 15 is 0 Å². The Kier molecular flexibility index (Phi) is 7.62. The molecule has 7 heteroatoms. The fourth-order valence-corrected chi connectivity index (χ4v) is 3.42. The van der Waals surface area contributed by atoms with Crippen LogP contribution in [0.3, 0.4) is 0 Å². The smallest absolute Gasteiger partial charge is 0.243 e. The summed E-state index contributed by atoms with van der Waals surface area (Å²) in [5.41, 5.74) is 5.79. The van der Waals surface area contributed by atoms with Crippen molar-refractivity contribution in [3.8, 4) is 0 Å². The van der Waals surface area contributed by atoms with Gasteiger partial charge in [0.05, 0.1) is 0 Å². The van der Waals surface area contributed by atoms with E-state index in [0.717, 1.165) is 31.4 Å². The Morgan fingerprint density at radius 2 is 1.81 bits per heavy atom. The van der Waals surface area contributed by atoms with Crippen molar-refractivity contribution in [1.82, 2.24) is 4.72 Å². The Bertz CT molecular complexity index is 564. The molecular weight excluding hydrogens is 359 g/mol. The van der Waals surface area contributed by atoms with Gasteiger partial charge < -0.3 is 5.73 Å². The summed E-state index contributed by atoms with van der Waals surface area (Å²) in [6.45, 7) is 2.45. The lowest BCUT2D eigenvalue weighted by Gasteiger charge is -2.09. The van der Waals surface area contributed by atoms with Crippen molar-refractivity contribution in [2.45, 2.75) is 50.3 Å². The van der Waals surface area contributed by atoms with Crippen LogP contribution in [-0.4, -0.2) is 15.0 Å². The molecule has 4 nitrogen and oxygen atoms in total. The first kappa shape index (κ1) is 18.4. The zero-order valence-electron chi connectivity index (χ0n) is 12.2. The number of anilines is 1. The lowest BCUT2D eigenvalue weighted by Crippen LogP contribution is -2.25. The van der Waals surface area contributed by atoms with Gasteiger partial charge in [0.25, 0.3) is 0 Å². The number of hydrogen-bond donors (Lipinski definition) is 2. The summed E-state index contributed by atoms with van der Waals surface area (Å²) in [6, 6.07) is 2.19. The number of hydrogen-bond acceptors (Lipinski definition) is 3. The molecule has 0 atom stereocenters. The predicted molar refractivity (Wildman–Crippen MR) is 87.1 cm³/mol. The molecule has 0 amide bonds.